The van der Waals surface area contributed by atoms with Crippen molar-refractivity contribution >= 4 is 0 Å². The van der Waals surface area contributed by atoms with E-state index in [2.05, 4.69) is 32.9 Å². The Morgan fingerprint density at radius 2 is 2.00 bits per heavy atom. The Kier molecular flexibility index (Phi) is 1.92. The maximum Gasteiger partial charge on any atom is -0.0174 e. The van der Waals surface area contributed by atoms with Crippen molar-refractivity contribution in [2.45, 2.75) is 52.9 Å². The van der Waals surface area contributed by atoms with E-state index in [9.17, 15) is 0 Å². The predicted molar refractivity (Wildman–Crippen MR) is 64.6 cm³/mol. The summed E-state index contributed by atoms with van der Waals surface area (Å²) in [6, 6.07) is 0. The largest absolute Gasteiger partial charge is 0.0882 e. The van der Waals surface area contributed by atoms with E-state index in [4.69, 9.17) is 0 Å². The van der Waals surface area contributed by atoms with Gasteiger partial charge in [0.25, 0.3) is 0 Å². The zero-order valence-corrected chi connectivity index (χ0v) is 10.4. The minimum Gasteiger partial charge on any atom is -0.0882 e. The molecule has 0 aliphatic heterocycles. The molecule has 0 N–H and O–H groups in total. The summed E-state index contributed by atoms with van der Waals surface area (Å²) < 4.78 is 0. The molecule has 0 heteroatoms. The smallest absolute Gasteiger partial charge is 0.0174 e. The molecule has 3 aliphatic rings. The van der Waals surface area contributed by atoms with Crippen LogP contribution in [0.15, 0.2) is 12.2 Å². The molecule has 3 aliphatic carbocycles. The van der Waals surface area contributed by atoms with Crippen LogP contribution >= 0.6 is 0 Å². The van der Waals surface area contributed by atoms with Gasteiger partial charge in [-0.15, -0.1) is 0 Å². The van der Waals surface area contributed by atoms with Gasteiger partial charge < -0.3 is 0 Å². The maximum absolute atomic E-state index is 2.54. The average molecular weight is 204 g/mol. The third-order valence-electron chi connectivity index (χ3n) is 6.16. The summed E-state index contributed by atoms with van der Waals surface area (Å²) in [6.07, 6.45) is 12.3. The van der Waals surface area contributed by atoms with Gasteiger partial charge in [-0.1, -0.05) is 32.9 Å². The lowest BCUT2D eigenvalue weighted by Crippen LogP contribution is -2.31. The first-order valence-electron chi connectivity index (χ1n) is 6.74. The lowest BCUT2D eigenvalue weighted by Gasteiger charge is -2.38. The molecule has 2 bridgehead atoms. The third-order valence-corrected chi connectivity index (χ3v) is 6.16. The summed E-state index contributed by atoms with van der Waals surface area (Å²) >= 11 is 0. The van der Waals surface area contributed by atoms with E-state index in [1.165, 1.54) is 32.1 Å². The molecule has 0 heterocycles. The van der Waals surface area contributed by atoms with E-state index in [1.807, 2.05) is 0 Å². The molecule has 3 rings (SSSR count). The second-order valence-electron chi connectivity index (χ2n) is 6.86. The molecule has 0 amide bonds. The maximum atomic E-state index is 2.54. The molecule has 0 unspecified atom stereocenters. The van der Waals surface area contributed by atoms with Gasteiger partial charge in [-0.2, -0.15) is 0 Å². The van der Waals surface area contributed by atoms with Crippen molar-refractivity contribution in [2.24, 2.45) is 28.6 Å². The lowest BCUT2D eigenvalue weighted by atomic mass is 9.66. The monoisotopic (exact) mass is 204 g/mol. The molecule has 0 saturated heterocycles. The van der Waals surface area contributed by atoms with E-state index >= 15 is 0 Å². The Morgan fingerprint density at radius 1 is 1.20 bits per heavy atom. The fourth-order valence-electron chi connectivity index (χ4n) is 5.17. The van der Waals surface area contributed by atoms with Crippen LogP contribution in [0.4, 0.5) is 0 Å². The van der Waals surface area contributed by atoms with Crippen LogP contribution in [0.25, 0.3) is 0 Å². The van der Waals surface area contributed by atoms with Gasteiger partial charge >= 0.3 is 0 Å². The molecule has 15 heavy (non-hydrogen) atoms. The van der Waals surface area contributed by atoms with E-state index in [-0.39, 0.29) is 0 Å². The molecule has 4 atom stereocenters. The molecule has 0 aromatic heterocycles. The highest BCUT2D eigenvalue weighted by Gasteiger charge is 2.61. The number of allylic oxidation sites excluding steroid dienone is 2. The zero-order valence-electron chi connectivity index (χ0n) is 10.4. The Labute approximate surface area is 94.1 Å². The first kappa shape index (κ1) is 9.93. The fraction of sp³-hybridized carbons (Fsp3) is 0.867. The topological polar surface area (TPSA) is 0 Å². The van der Waals surface area contributed by atoms with Crippen LogP contribution in [-0.4, -0.2) is 0 Å². The Hall–Kier alpha value is -0.260. The number of hydrogen-bond donors (Lipinski definition) is 0. The second-order valence-corrected chi connectivity index (χ2v) is 6.86. The SMILES string of the molecule is C[C@@H]1CC[C@H]2C(C)(C)[C@@H]3C=CCC[C@]12C3. The summed E-state index contributed by atoms with van der Waals surface area (Å²) in [7, 11) is 0. The number of hydrogen-bond acceptors (Lipinski definition) is 0. The van der Waals surface area contributed by atoms with Crippen molar-refractivity contribution < 1.29 is 0 Å². The first-order chi connectivity index (χ1) is 7.07. The Morgan fingerprint density at radius 3 is 2.80 bits per heavy atom. The molecule has 0 aromatic carbocycles. The van der Waals surface area contributed by atoms with E-state index in [0.717, 1.165) is 23.2 Å². The molecule has 84 valence electrons. The number of rotatable bonds is 0. The van der Waals surface area contributed by atoms with E-state index in [0.29, 0.717) is 5.41 Å². The van der Waals surface area contributed by atoms with Crippen molar-refractivity contribution in [1.29, 1.82) is 0 Å². The van der Waals surface area contributed by atoms with Gasteiger partial charge in [-0.3, -0.25) is 0 Å². The van der Waals surface area contributed by atoms with Crippen molar-refractivity contribution in [3.63, 3.8) is 0 Å². The van der Waals surface area contributed by atoms with Crippen molar-refractivity contribution in [3.8, 4) is 0 Å². The zero-order chi connectivity index (χ0) is 10.7. The fourth-order valence-corrected chi connectivity index (χ4v) is 5.17. The summed E-state index contributed by atoms with van der Waals surface area (Å²) in [5.41, 5.74) is 1.29. The standard InChI is InChI=1S/C15H24/c1-11-7-8-13-14(2,3)12-6-4-5-9-15(11,13)10-12/h4,6,11-13H,5,7-10H2,1-3H3/t11-,12-,13+,15+/m1/s1. The average Bonchev–Trinajstić information content (AvgIpc) is 2.49. The van der Waals surface area contributed by atoms with Gasteiger partial charge in [0.15, 0.2) is 0 Å². The number of fused-ring (bicyclic) bond motifs is 1. The first-order valence-corrected chi connectivity index (χ1v) is 6.74. The summed E-state index contributed by atoms with van der Waals surface area (Å²) in [4.78, 5) is 0. The second kappa shape index (κ2) is 2.90. The molecular formula is C15H24. The lowest BCUT2D eigenvalue weighted by molar-refractivity contribution is 0.110. The Bertz CT molecular complexity index is 299. The van der Waals surface area contributed by atoms with Crippen LogP contribution < -0.4 is 0 Å². The minimum absolute atomic E-state index is 0.571. The summed E-state index contributed by atoms with van der Waals surface area (Å²) in [6.45, 7) is 7.57. The molecular weight excluding hydrogens is 180 g/mol. The van der Waals surface area contributed by atoms with Gasteiger partial charge in [-0.25, -0.2) is 0 Å². The third kappa shape index (κ3) is 1.09. The summed E-state index contributed by atoms with van der Waals surface area (Å²) in [5.74, 6) is 2.86. The molecule has 2 fully saturated rings. The molecule has 0 aromatic rings. The van der Waals surface area contributed by atoms with Crippen molar-refractivity contribution in [3.05, 3.63) is 12.2 Å². The highest BCUT2D eigenvalue weighted by Crippen LogP contribution is 2.69. The van der Waals surface area contributed by atoms with Crippen molar-refractivity contribution in [1.82, 2.24) is 0 Å². The van der Waals surface area contributed by atoms with Gasteiger partial charge in [0, 0.05) is 0 Å². The van der Waals surface area contributed by atoms with Gasteiger partial charge in [0.1, 0.15) is 0 Å². The highest BCUT2D eigenvalue weighted by atomic mass is 14.7. The minimum atomic E-state index is 0.571. The molecule has 0 radical (unpaired) electrons. The predicted octanol–water partition coefficient (Wildman–Crippen LogP) is 4.42. The van der Waals surface area contributed by atoms with Crippen molar-refractivity contribution in [2.75, 3.05) is 0 Å². The molecule has 1 spiro atoms. The highest BCUT2D eigenvalue weighted by molar-refractivity contribution is 5.16. The van der Waals surface area contributed by atoms with E-state index in [1.54, 1.807) is 0 Å². The quantitative estimate of drug-likeness (QED) is 0.513. The normalized spacial score (nSPS) is 51.5. The van der Waals surface area contributed by atoms with Gasteiger partial charge in [-0.05, 0) is 60.7 Å². The van der Waals surface area contributed by atoms with Gasteiger partial charge in [0.2, 0.25) is 0 Å². The van der Waals surface area contributed by atoms with Crippen LogP contribution in [-0.2, 0) is 0 Å². The molecule has 2 saturated carbocycles. The molecule has 0 nitrogen and oxygen atoms in total. The van der Waals surface area contributed by atoms with Crippen LogP contribution in [0.2, 0.25) is 0 Å². The van der Waals surface area contributed by atoms with E-state index < -0.39 is 0 Å². The van der Waals surface area contributed by atoms with Gasteiger partial charge in [0.05, 0.1) is 0 Å². The summed E-state index contributed by atoms with van der Waals surface area (Å²) in [5, 5.41) is 0. The van der Waals surface area contributed by atoms with Crippen LogP contribution in [0.3, 0.4) is 0 Å². The van der Waals surface area contributed by atoms with Crippen LogP contribution in [0.1, 0.15) is 52.9 Å². The van der Waals surface area contributed by atoms with Crippen LogP contribution in [0.5, 0.6) is 0 Å². The van der Waals surface area contributed by atoms with Crippen LogP contribution in [0, 0.1) is 28.6 Å². The Balaban J connectivity index is 2.07.